The number of halogens is 1. The first-order chi connectivity index (χ1) is 10.1. The molecule has 0 aromatic heterocycles. The molecule has 1 aliphatic heterocycles. The number of carbonyl (C=O) groups excluding carboxylic acids is 2. The van der Waals surface area contributed by atoms with E-state index in [4.69, 9.17) is 0 Å². The summed E-state index contributed by atoms with van der Waals surface area (Å²) in [5.74, 6) is -0.240. The minimum atomic E-state index is -0.603. The first-order valence-corrected chi connectivity index (χ1v) is 7.85. The summed E-state index contributed by atoms with van der Waals surface area (Å²) < 4.78 is 0. The summed E-state index contributed by atoms with van der Waals surface area (Å²) in [5.41, 5.74) is -0.359. The summed E-state index contributed by atoms with van der Waals surface area (Å²) in [4.78, 5) is 24.2. The Hall–Kier alpha value is -1.05. The van der Waals surface area contributed by atoms with Gasteiger partial charge in [-0.25, -0.2) is 4.79 Å². The highest BCUT2D eigenvalue weighted by Gasteiger charge is 2.29. The molecule has 8 heteroatoms. The summed E-state index contributed by atoms with van der Waals surface area (Å²) in [7, 11) is 0. The quantitative estimate of drug-likeness (QED) is 0.489. The van der Waals surface area contributed by atoms with Gasteiger partial charge in [-0.15, -0.1) is 12.4 Å². The van der Waals surface area contributed by atoms with E-state index in [1.807, 2.05) is 34.6 Å². The van der Waals surface area contributed by atoms with Crippen molar-refractivity contribution in [3.05, 3.63) is 0 Å². The maximum absolute atomic E-state index is 12.3. The molecule has 7 nitrogen and oxygen atoms in total. The van der Waals surface area contributed by atoms with E-state index in [-0.39, 0.29) is 41.7 Å². The summed E-state index contributed by atoms with van der Waals surface area (Å²) in [5, 5.41) is 21.1. The third-order valence-electron chi connectivity index (χ3n) is 3.57. The molecule has 0 saturated carbocycles. The van der Waals surface area contributed by atoms with Gasteiger partial charge in [0.2, 0.25) is 5.91 Å². The lowest BCUT2D eigenvalue weighted by Crippen LogP contribution is -2.56. The highest BCUT2D eigenvalue weighted by Crippen LogP contribution is 2.08. The zero-order valence-electron chi connectivity index (χ0n) is 14.6. The van der Waals surface area contributed by atoms with Crippen LogP contribution in [0, 0.1) is 11.8 Å². The van der Waals surface area contributed by atoms with Crippen LogP contribution in [0.1, 0.15) is 34.6 Å². The third-order valence-corrected chi connectivity index (χ3v) is 3.57. The van der Waals surface area contributed by atoms with Crippen molar-refractivity contribution in [2.75, 3.05) is 19.6 Å². The number of nitrogens with one attached hydrogen (secondary N) is 4. The van der Waals surface area contributed by atoms with Crippen molar-refractivity contribution in [2.45, 2.75) is 52.3 Å². The van der Waals surface area contributed by atoms with Crippen molar-refractivity contribution >= 4 is 24.3 Å². The van der Waals surface area contributed by atoms with E-state index in [9.17, 15) is 14.7 Å². The molecule has 136 valence electrons. The Balaban J connectivity index is 0.00000484. The smallest absolute Gasteiger partial charge is 0.315 e. The predicted octanol–water partition coefficient (Wildman–Crippen LogP) is 0.227. The molecular weight excluding hydrogens is 320 g/mol. The van der Waals surface area contributed by atoms with Gasteiger partial charge in [0.15, 0.2) is 0 Å². The second kappa shape index (κ2) is 9.30. The molecule has 0 radical (unpaired) electrons. The Morgan fingerprint density at radius 1 is 1.26 bits per heavy atom. The van der Waals surface area contributed by atoms with Crippen LogP contribution in [-0.2, 0) is 4.79 Å². The van der Waals surface area contributed by atoms with Crippen LogP contribution in [0.4, 0.5) is 4.79 Å². The van der Waals surface area contributed by atoms with Crippen LogP contribution in [0.2, 0.25) is 0 Å². The fourth-order valence-electron chi connectivity index (χ4n) is 2.32. The molecule has 2 unspecified atom stereocenters. The first-order valence-electron chi connectivity index (χ1n) is 7.85. The molecule has 1 rings (SSSR count). The molecule has 3 amide bonds. The topological polar surface area (TPSA) is 102 Å². The van der Waals surface area contributed by atoms with E-state index >= 15 is 0 Å². The van der Waals surface area contributed by atoms with Crippen molar-refractivity contribution in [3.8, 4) is 0 Å². The van der Waals surface area contributed by atoms with E-state index in [1.165, 1.54) is 0 Å². The second-order valence-corrected chi connectivity index (χ2v) is 7.30. The third kappa shape index (κ3) is 7.85. The number of hydrogen-bond acceptors (Lipinski definition) is 4. The van der Waals surface area contributed by atoms with Gasteiger partial charge in [0.05, 0.1) is 6.10 Å². The van der Waals surface area contributed by atoms with E-state index in [2.05, 4.69) is 21.3 Å². The number of rotatable bonds is 5. The van der Waals surface area contributed by atoms with E-state index < -0.39 is 12.1 Å². The maximum Gasteiger partial charge on any atom is 0.315 e. The van der Waals surface area contributed by atoms with Gasteiger partial charge in [0.1, 0.15) is 6.04 Å². The molecule has 0 aromatic rings. The molecule has 0 spiro atoms. The van der Waals surface area contributed by atoms with Gasteiger partial charge in [0, 0.05) is 31.1 Å². The standard InChI is InChI=1S/C15H30N4O3.ClH/c1-9(2)12(18-14(22)19-15(3,4)5)13(21)17-7-10-6-16-8-11(10)20;/h9-12,16,20H,6-8H2,1-5H3,(H,17,21)(H2,18,19,22);1H/t10?,11?,12-;/m0./s1. The van der Waals surface area contributed by atoms with Crippen LogP contribution in [-0.4, -0.2) is 54.4 Å². The SMILES string of the molecule is CC(C)[C@H](NC(=O)NC(C)(C)C)C(=O)NCC1CNCC1O.Cl. The maximum atomic E-state index is 12.3. The molecular formula is C15H31ClN4O3. The van der Waals surface area contributed by atoms with Crippen molar-refractivity contribution in [3.63, 3.8) is 0 Å². The lowest BCUT2D eigenvalue weighted by Gasteiger charge is -2.26. The normalized spacial score (nSPS) is 22.2. The van der Waals surface area contributed by atoms with Crippen LogP contribution in [0.15, 0.2) is 0 Å². The van der Waals surface area contributed by atoms with Crippen molar-refractivity contribution in [1.82, 2.24) is 21.3 Å². The zero-order valence-corrected chi connectivity index (χ0v) is 15.4. The Labute approximate surface area is 144 Å². The monoisotopic (exact) mass is 350 g/mol. The van der Waals surface area contributed by atoms with E-state index in [0.717, 1.165) is 0 Å². The van der Waals surface area contributed by atoms with Gasteiger partial charge in [-0.05, 0) is 26.7 Å². The Kier molecular flexibility index (Phi) is 8.87. The van der Waals surface area contributed by atoms with Crippen LogP contribution >= 0.6 is 12.4 Å². The Morgan fingerprint density at radius 3 is 2.30 bits per heavy atom. The molecule has 0 aliphatic carbocycles. The summed E-state index contributed by atoms with van der Waals surface area (Å²) in [6, 6.07) is -0.960. The molecule has 5 N–H and O–H groups in total. The molecule has 1 saturated heterocycles. The van der Waals surface area contributed by atoms with Crippen LogP contribution in [0.3, 0.4) is 0 Å². The van der Waals surface area contributed by atoms with E-state index in [1.54, 1.807) is 0 Å². The van der Waals surface area contributed by atoms with Gasteiger partial charge >= 0.3 is 6.03 Å². The number of amides is 3. The number of urea groups is 1. The van der Waals surface area contributed by atoms with E-state index in [0.29, 0.717) is 19.6 Å². The number of carbonyl (C=O) groups is 2. The molecule has 0 aromatic carbocycles. The van der Waals surface area contributed by atoms with Gasteiger partial charge in [-0.3, -0.25) is 4.79 Å². The molecule has 1 aliphatic rings. The molecule has 1 heterocycles. The predicted molar refractivity (Wildman–Crippen MR) is 92.7 cm³/mol. The van der Waals surface area contributed by atoms with Gasteiger partial charge in [-0.1, -0.05) is 13.8 Å². The average molecular weight is 351 g/mol. The van der Waals surface area contributed by atoms with Crippen LogP contribution in [0.25, 0.3) is 0 Å². The average Bonchev–Trinajstić information content (AvgIpc) is 2.76. The van der Waals surface area contributed by atoms with Crippen molar-refractivity contribution in [2.24, 2.45) is 11.8 Å². The summed E-state index contributed by atoms with van der Waals surface area (Å²) >= 11 is 0. The Morgan fingerprint density at radius 2 is 1.87 bits per heavy atom. The number of aliphatic hydroxyl groups is 1. The minimum Gasteiger partial charge on any atom is -0.391 e. The molecule has 1 fully saturated rings. The number of β-amino-alcohol motifs (C(OH)–C–C–N with tert-alkyl or cyclic N) is 1. The van der Waals surface area contributed by atoms with Crippen LogP contribution in [0.5, 0.6) is 0 Å². The van der Waals surface area contributed by atoms with Gasteiger partial charge in [0.25, 0.3) is 0 Å². The number of aliphatic hydroxyl groups excluding tert-OH is 1. The highest BCUT2D eigenvalue weighted by atomic mass is 35.5. The highest BCUT2D eigenvalue weighted by molar-refractivity contribution is 5.87. The van der Waals surface area contributed by atoms with Crippen molar-refractivity contribution < 1.29 is 14.7 Å². The van der Waals surface area contributed by atoms with Gasteiger partial charge in [-0.2, -0.15) is 0 Å². The first kappa shape index (κ1) is 21.9. The van der Waals surface area contributed by atoms with Crippen LogP contribution < -0.4 is 21.3 Å². The minimum absolute atomic E-state index is 0. The molecule has 0 bridgehead atoms. The fraction of sp³-hybridized carbons (Fsp3) is 0.867. The second-order valence-electron chi connectivity index (χ2n) is 7.30. The largest absolute Gasteiger partial charge is 0.391 e. The Bertz CT molecular complexity index is 399. The number of hydrogen-bond donors (Lipinski definition) is 5. The lowest BCUT2D eigenvalue weighted by molar-refractivity contribution is -0.124. The molecule has 23 heavy (non-hydrogen) atoms. The summed E-state index contributed by atoms with van der Waals surface area (Å²) in [6.07, 6.45) is -0.435. The molecule has 3 atom stereocenters. The van der Waals surface area contributed by atoms with Crippen molar-refractivity contribution in [1.29, 1.82) is 0 Å². The zero-order chi connectivity index (χ0) is 16.9. The fourth-order valence-corrected chi connectivity index (χ4v) is 2.32. The van der Waals surface area contributed by atoms with Gasteiger partial charge < -0.3 is 26.4 Å². The summed E-state index contributed by atoms with van der Waals surface area (Å²) in [6.45, 7) is 11.1. The lowest BCUT2D eigenvalue weighted by atomic mass is 10.0.